The molecule has 0 unspecified atom stereocenters. The zero-order chi connectivity index (χ0) is 9.07. The molecule has 0 aromatic carbocycles. The van der Waals surface area contributed by atoms with E-state index in [2.05, 4.69) is 44.5 Å². The van der Waals surface area contributed by atoms with Gasteiger partial charge in [0.1, 0.15) is 0 Å². The molecule has 0 fully saturated rings. The zero-order valence-corrected chi connectivity index (χ0v) is 12.6. The quantitative estimate of drug-likeness (QED) is 0.433. The third-order valence-corrected chi connectivity index (χ3v) is 9.56. The molecule has 2 amide bonds. The van der Waals surface area contributed by atoms with Crippen molar-refractivity contribution in [3.63, 3.8) is 0 Å². The van der Waals surface area contributed by atoms with Gasteiger partial charge in [-0.1, -0.05) is 0 Å². The second-order valence-electron chi connectivity index (χ2n) is 1.79. The Balaban J connectivity index is 3.99. The van der Waals surface area contributed by atoms with Gasteiger partial charge < -0.3 is 0 Å². The van der Waals surface area contributed by atoms with E-state index >= 15 is 0 Å². The second kappa shape index (κ2) is 5.04. The van der Waals surface area contributed by atoms with E-state index in [1.165, 1.54) is 13.8 Å². The van der Waals surface area contributed by atoms with Gasteiger partial charge in [0.15, 0.2) is 0 Å². The van der Waals surface area contributed by atoms with Crippen LogP contribution in [-0.2, 0) is 9.59 Å². The van der Waals surface area contributed by atoms with E-state index in [9.17, 15) is 9.59 Å². The van der Waals surface area contributed by atoms with Crippen LogP contribution in [0.5, 0.6) is 0 Å². The summed E-state index contributed by atoms with van der Waals surface area (Å²) in [6, 6.07) is 0. The first kappa shape index (κ1) is 12.2. The fourth-order valence-corrected chi connectivity index (χ4v) is 10.9. The molecule has 11 heavy (non-hydrogen) atoms. The molecule has 0 radical (unpaired) electrons. The molecule has 0 rings (SSSR count). The molecule has 0 saturated heterocycles. The topological polar surface area (TPSA) is 58.2 Å². The Morgan fingerprint density at radius 3 is 1.55 bits per heavy atom. The summed E-state index contributed by atoms with van der Waals surface area (Å²) in [5.74, 6) is -0.187. The number of hydrogen-bond acceptors (Lipinski definition) is 2. The molecule has 0 aromatic rings. The minimum atomic E-state index is -2.59. The summed E-state index contributed by atoms with van der Waals surface area (Å²) in [6.45, 7) is 2.89. The first-order chi connectivity index (χ1) is 4.83. The van der Waals surface area contributed by atoms with Crippen LogP contribution in [0.2, 0.25) is 0 Å². The summed E-state index contributed by atoms with van der Waals surface area (Å²) in [5.41, 5.74) is 0. The fraction of sp³-hybridized carbons (Fsp3) is 0.500. The predicted molar refractivity (Wildman–Crippen MR) is 61.4 cm³/mol. The summed E-state index contributed by atoms with van der Waals surface area (Å²) >= 11 is 4.24. The van der Waals surface area contributed by atoms with Gasteiger partial charge >= 0.3 is 90.6 Å². The van der Waals surface area contributed by atoms with Crippen LogP contribution in [0.4, 0.5) is 0 Å². The van der Waals surface area contributed by atoms with Gasteiger partial charge in [-0.2, -0.15) is 0 Å². The average molecular weight is 498 g/mol. The van der Waals surface area contributed by atoms with Crippen molar-refractivity contribution in [1.82, 2.24) is 7.13 Å². The first-order valence-corrected chi connectivity index (χ1v) is 18.5. The summed E-state index contributed by atoms with van der Waals surface area (Å²) in [6.07, 6.45) is 0. The van der Waals surface area contributed by atoms with Crippen LogP contribution in [0.25, 0.3) is 0 Å². The van der Waals surface area contributed by atoms with E-state index in [0.717, 1.165) is 0 Å². The van der Waals surface area contributed by atoms with Crippen LogP contribution in [0.3, 0.4) is 0 Å². The number of amides is 2. The molecule has 66 valence electrons. The van der Waals surface area contributed by atoms with Gasteiger partial charge in [-0.25, -0.2) is 0 Å². The Hall–Kier alpha value is 1.19. The van der Waals surface area contributed by atoms with Gasteiger partial charge in [-0.3, -0.25) is 0 Å². The Labute approximate surface area is 89.3 Å². The minimum absolute atomic E-state index is 0.0937. The van der Waals surface area contributed by atoms with Gasteiger partial charge in [-0.15, -0.1) is 0 Å². The maximum absolute atomic E-state index is 10.6. The molecule has 0 spiro atoms. The average Bonchev–Trinajstić information content (AvgIpc) is 1.53. The van der Waals surface area contributed by atoms with Crippen molar-refractivity contribution in [2.24, 2.45) is 0 Å². The Morgan fingerprint density at radius 1 is 1.09 bits per heavy atom. The third kappa shape index (κ3) is 7.55. The standard InChI is InChI=1S/C4H8I2N2O2Te/c1-3(9)7-11(5,6)8-4(2)10/h1-2H3,(H,7,9)(H,8,10). The molecule has 0 heterocycles. The van der Waals surface area contributed by atoms with E-state index in [4.69, 9.17) is 0 Å². The molecule has 7 heteroatoms. The van der Waals surface area contributed by atoms with Crippen molar-refractivity contribution < 1.29 is 9.59 Å². The summed E-state index contributed by atoms with van der Waals surface area (Å²) in [5, 5.41) is 0. The van der Waals surface area contributed by atoms with Crippen molar-refractivity contribution in [3.8, 4) is 0 Å². The molecule has 0 aliphatic rings. The van der Waals surface area contributed by atoms with E-state index in [-0.39, 0.29) is 11.8 Å². The summed E-state index contributed by atoms with van der Waals surface area (Å²) < 4.78 is 5.49. The van der Waals surface area contributed by atoms with Crippen LogP contribution < -0.4 is 7.13 Å². The van der Waals surface area contributed by atoms with Gasteiger partial charge in [0.05, 0.1) is 0 Å². The van der Waals surface area contributed by atoms with Crippen LogP contribution in [0, 0.1) is 0 Å². The number of hydrogen-bond donors (Lipinski definition) is 2. The molecule has 2 N–H and O–H groups in total. The van der Waals surface area contributed by atoms with Gasteiger partial charge in [-0.05, 0) is 0 Å². The molecule has 0 aromatic heterocycles. The van der Waals surface area contributed by atoms with Crippen molar-refractivity contribution in [3.05, 3.63) is 0 Å². The molecule has 0 saturated carbocycles. The first-order valence-electron chi connectivity index (χ1n) is 2.63. The predicted octanol–water partition coefficient (Wildman–Crippen LogP) is 0.564. The maximum atomic E-state index is 10.6. The normalized spacial score (nSPS) is 12.0. The number of nitrogens with one attached hydrogen (secondary N) is 2. The number of rotatable bonds is 2. The van der Waals surface area contributed by atoms with Gasteiger partial charge in [0, 0.05) is 0 Å². The Kier molecular flexibility index (Phi) is 5.58. The molecular weight excluding hydrogens is 489 g/mol. The van der Waals surface area contributed by atoms with E-state index in [1.54, 1.807) is 0 Å². The third-order valence-electron chi connectivity index (χ3n) is 0.544. The van der Waals surface area contributed by atoms with Crippen molar-refractivity contribution >= 4 is 60.0 Å². The molecule has 0 aliphatic carbocycles. The molecular formula is C4H8I2N2O2Te. The van der Waals surface area contributed by atoms with E-state index in [0.29, 0.717) is 0 Å². The van der Waals surface area contributed by atoms with E-state index in [1.807, 2.05) is 0 Å². The second-order valence-corrected chi connectivity index (χ2v) is 34.7. The fourth-order valence-electron chi connectivity index (χ4n) is 0.387. The summed E-state index contributed by atoms with van der Waals surface area (Å²) in [7, 11) is -2.59. The Bertz CT molecular complexity index is 167. The molecule has 0 aliphatic heterocycles. The van der Waals surface area contributed by atoms with Crippen LogP contribution >= 0.6 is 37.4 Å². The molecule has 0 bridgehead atoms. The van der Waals surface area contributed by atoms with Crippen LogP contribution in [0.1, 0.15) is 13.8 Å². The van der Waals surface area contributed by atoms with Crippen molar-refractivity contribution in [2.45, 2.75) is 13.8 Å². The molecule has 0 atom stereocenters. The number of carbonyl (C=O) groups excluding carboxylic acids is 2. The van der Waals surface area contributed by atoms with Crippen LogP contribution in [-0.4, -0.2) is 22.6 Å². The number of halogens is 2. The van der Waals surface area contributed by atoms with Crippen molar-refractivity contribution in [2.75, 3.05) is 0 Å². The summed E-state index contributed by atoms with van der Waals surface area (Å²) in [4.78, 5) is 21.2. The van der Waals surface area contributed by atoms with Gasteiger partial charge in [0.25, 0.3) is 0 Å². The monoisotopic (exact) mass is 500 g/mol. The van der Waals surface area contributed by atoms with Gasteiger partial charge in [0.2, 0.25) is 0 Å². The SMILES string of the molecule is CC(=O)N[Te](I)(I)NC(C)=O. The molecule has 4 nitrogen and oxygen atoms in total. The van der Waals surface area contributed by atoms with Crippen LogP contribution in [0.15, 0.2) is 0 Å². The number of carbonyl (C=O) groups is 2. The Morgan fingerprint density at radius 2 is 1.36 bits per heavy atom. The van der Waals surface area contributed by atoms with Crippen molar-refractivity contribution in [1.29, 1.82) is 0 Å². The van der Waals surface area contributed by atoms with E-state index < -0.39 is 10.8 Å². The zero-order valence-electron chi connectivity index (χ0n) is 5.98.